The molecule has 0 radical (unpaired) electrons. The van der Waals surface area contributed by atoms with Gasteiger partial charge in [-0.15, -0.1) is 0 Å². The first-order chi connectivity index (χ1) is 20.8. The Kier molecular flexibility index (Phi) is 8.58. The number of hydrogen-bond acceptors (Lipinski definition) is 7. The molecule has 2 bridgehead atoms. The summed E-state index contributed by atoms with van der Waals surface area (Å²) in [7, 11) is 0. The molecule has 1 aliphatic heterocycles. The summed E-state index contributed by atoms with van der Waals surface area (Å²) in [6, 6.07) is 15.6. The minimum absolute atomic E-state index is 0.0110. The molecule has 7 heteroatoms. The molecule has 4 aliphatic rings. The lowest BCUT2D eigenvalue weighted by Gasteiger charge is -2.47. The van der Waals surface area contributed by atoms with Crippen molar-refractivity contribution < 1.29 is 19.4 Å². The molecule has 3 aromatic rings. The summed E-state index contributed by atoms with van der Waals surface area (Å²) in [6.45, 7) is 8.52. The van der Waals surface area contributed by atoms with Gasteiger partial charge in [-0.25, -0.2) is 4.98 Å². The third kappa shape index (κ3) is 6.08. The molecular weight excluding hydrogens is 538 g/mol. The maximum absolute atomic E-state index is 13.9. The molecule has 4 atom stereocenters. The van der Waals surface area contributed by atoms with Crippen molar-refractivity contribution in [2.45, 2.75) is 76.4 Å². The standard InChI is InChI=1S/C36H45N3O4/c1-26-7-5-15-35(2)31(14-16-36(35,42)25-38-18-20-39(21-19-38)33-9-3-4-17-37-33)29-13-11-27(23-28(40)12-10-26)24-30(29)34(41)32-8-6-22-43-32/h3-4,6-9,11,13,17,22,24,28,31,40,42H,5,10,12,14-16,18-21,23,25H2,1-2H3. The molecule has 1 saturated carbocycles. The van der Waals surface area contributed by atoms with Gasteiger partial charge in [0.1, 0.15) is 5.82 Å². The zero-order chi connectivity index (χ0) is 30.0. The van der Waals surface area contributed by atoms with Crippen LogP contribution in [0.4, 0.5) is 5.82 Å². The molecule has 1 aromatic carbocycles. The van der Waals surface area contributed by atoms with Crippen LogP contribution in [-0.4, -0.2) is 70.3 Å². The number of furan rings is 1. The lowest BCUT2D eigenvalue weighted by atomic mass is 9.64. The highest BCUT2D eigenvalue weighted by molar-refractivity contribution is 6.08. The number of benzene rings is 1. The number of aliphatic hydroxyl groups excluding tert-OH is 1. The maximum atomic E-state index is 13.9. The number of carbonyl (C=O) groups is 1. The summed E-state index contributed by atoms with van der Waals surface area (Å²) in [5.74, 6) is 1.20. The van der Waals surface area contributed by atoms with E-state index >= 15 is 0 Å². The molecule has 43 heavy (non-hydrogen) atoms. The Morgan fingerprint density at radius 2 is 1.91 bits per heavy atom. The molecule has 2 N–H and O–H groups in total. The van der Waals surface area contributed by atoms with Gasteiger partial charge < -0.3 is 19.5 Å². The van der Waals surface area contributed by atoms with Crippen LogP contribution < -0.4 is 4.90 Å². The summed E-state index contributed by atoms with van der Waals surface area (Å²) in [4.78, 5) is 23.1. The first-order valence-electron chi connectivity index (χ1n) is 15.9. The first-order valence-corrected chi connectivity index (χ1v) is 15.9. The molecular formula is C36H45N3O4. The predicted octanol–water partition coefficient (Wildman–Crippen LogP) is 5.77. The predicted molar refractivity (Wildman–Crippen MR) is 168 cm³/mol. The molecule has 4 unspecified atom stereocenters. The maximum Gasteiger partial charge on any atom is 0.228 e. The third-order valence-electron chi connectivity index (χ3n) is 10.5. The van der Waals surface area contributed by atoms with E-state index in [1.807, 2.05) is 24.4 Å². The number of piperazine rings is 1. The van der Waals surface area contributed by atoms with Gasteiger partial charge in [-0.1, -0.05) is 36.8 Å². The Labute approximate surface area is 255 Å². The van der Waals surface area contributed by atoms with Crippen molar-refractivity contribution >= 4 is 11.6 Å². The Balaban J connectivity index is 1.32. The minimum Gasteiger partial charge on any atom is -0.461 e. The lowest BCUT2D eigenvalue weighted by Crippen LogP contribution is -2.56. The number of allylic oxidation sites excluding steroid dienone is 2. The summed E-state index contributed by atoms with van der Waals surface area (Å²) < 4.78 is 5.56. The van der Waals surface area contributed by atoms with E-state index in [2.05, 4.69) is 52.9 Å². The van der Waals surface area contributed by atoms with Gasteiger partial charge in [0.2, 0.25) is 5.78 Å². The van der Waals surface area contributed by atoms with Crippen molar-refractivity contribution in [3.05, 3.63) is 95.1 Å². The summed E-state index contributed by atoms with van der Waals surface area (Å²) in [5, 5.41) is 23.4. The highest BCUT2D eigenvalue weighted by Crippen LogP contribution is 2.59. The van der Waals surface area contributed by atoms with Gasteiger partial charge in [0.25, 0.3) is 0 Å². The Morgan fingerprint density at radius 3 is 2.65 bits per heavy atom. The van der Waals surface area contributed by atoms with Crippen LogP contribution in [-0.2, 0) is 6.42 Å². The Morgan fingerprint density at radius 1 is 1.07 bits per heavy atom. The summed E-state index contributed by atoms with van der Waals surface area (Å²) in [5.41, 5.74) is 2.51. The SMILES string of the molecule is CC1=CCCC2(C)C(CCC2(O)CN2CCN(c3ccccn3)CC2)c2ccc(cc2C(=O)c2ccco2)CC(O)CC1. The van der Waals surface area contributed by atoms with Crippen LogP contribution >= 0.6 is 0 Å². The van der Waals surface area contributed by atoms with Crippen molar-refractivity contribution in [2.24, 2.45) is 5.41 Å². The van der Waals surface area contributed by atoms with Gasteiger partial charge in [-0.05, 0) is 99.2 Å². The zero-order valence-electron chi connectivity index (χ0n) is 25.5. The molecule has 2 fully saturated rings. The van der Waals surface area contributed by atoms with Gasteiger partial charge in [0.05, 0.1) is 18.0 Å². The zero-order valence-corrected chi connectivity index (χ0v) is 25.5. The van der Waals surface area contributed by atoms with E-state index in [1.54, 1.807) is 12.1 Å². The fraction of sp³-hybridized carbons (Fsp3) is 0.500. The van der Waals surface area contributed by atoms with Gasteiger partial charge >= 0.3 is 0 Å². The molecule has 2 aromatic heterocycles. The van der Waals surface area contributed by atoms with Crippen LogP contribution in [0.15, 0.2) is 77.1 Å². The van der Waals surface area contributed by atoms with Crippen LogP contribution in [0.2, 0.25) is 0 Å². The van der Waals surface area contributed by atoms with E-state index in [9.17, 15) is 15.0 Å². The van der Waals surface area contributed by atoms with Gasteiger partial charge in [-0.3, -0.25) is 9.69 Å². The monoisotopic (exact) mass is 583 g/mol. The highest BCUT2D eigenvalue weighted by Gasteiger charge is 2.57. The Bertz CT molecular complexity index is 1430. The minimum atomic E-state index is -0.899. The van der Waals surface area contributed by atoms with Crippen molar-refractivity contribution in [2.75, 3.05) is 37.6 Å². The molecule has 3 heterocycles. The molecule has 7 nitrogen and oxygen atoms in total. The smallest absolute Gasteiger partial charge is 0.228 e. The number of pyridine rings is 1. The third-order valence-corrected chi connectivity index (χ3v) is 10.5. The average Bonchev–Trinajstić information content (AvgIpc) is 3.64. The topological polar surface area (TPSA) is 90.0 Å². The van der Waals surface area contributed by atoms with E-state index in [4.69, 9.17) is 4.42 Å². The second-order valence-electron chi connectivity index (χ2n) is 13.2. The molecule has 3 aliphatic carbocycles. The summed E-state index contributed by atoms with van der Waals surface area (Å²) >= 11 is 0. The number of ketones is 1. The first kappa shape index (κ1) is 29.8. The molecule has 0 amide bonds. The number of anilines is 1. The number of rotatable bonds is 5. The van der Waals surface area contributed by atoms with Gasteiger partial charge in [-0.2, -0.15) is 0 Å². The van der Waals surface area contributed by atoms with E-state index in [0.29, 0.717) is 37.1 Å². The number of hydrogen-bond donors (Lipinski definition) is 2. The fourth-order valence-electron chi connectivity index (χ4n) is 7.78. The van der Waals surface area contributed by atoms with Crippen molar-refractivity contribution in [3.8, 4) is 0 Å². The van der Waals surface area contributed by atoms with Crippen LogP contribution in [0.3, 0.4) is 0 Å². The van der Waals surface area contributed by atoms with Gasteiger partial charge in [0.15, 0.2) is 5.76 Å². The van der Waals surface area contributed by atoms with E-state index in [0.717, 1.165) is 68.8 Å². The van der Waals surface area contributed by atoms with E-state index in [-0.39, 0.29) is 11.7 Å². The van der Waals surface area contributed by atoms with Crippen LogP contribution in [0.25, 0.3) is 0 Å². The van der Waals surface area contributed by atoms with E-state index < -0.39 is 17.1 Å². The van der Waals surface area contributed by atoms with Crippen molar-refractivity contribution in [1.29, 1.82) is 0 Å². The quantitative estimate of drug-likeness (QED) is 0.291. The van der Waals surface area contributed by atoms with E-state index in [1.165, 1.54) is 11.8 Å². The van der Waals surface area contributed by atoms with Crippen molar-refractivity contribution in [1.82, 2.24) is 9.88 Å². The number of fused-ring (bicyclic) bond motifs is 8. The number of β-amino-alcohol motifs (C(OH)–C–C–N with tert-alkyl or cyclic N) is 1. The van der Waals surface area contributed by atoms with Crippen LogP contribution in [0.1, 0.15) is 85.5 Å². The molecule has 1 saturated heterocycles. The average molecular weight is 584 g/mol. The number of nitrogens with zero attached hydrogens (tertiary/aromatic N) is 3. The number of aromatic nitrogens is 1. The number of carbonyl (C=O) groups excluding carboxylic acids is 1. The normalized spacial score (nSPS) is 28.7. The summed E-state index contributed by atoms with van der Waals surface area (Å²) in [6.07, 6.45) is 10.4. The van der Waals surface area contributed by atoms with Gasteiger partial charge in [0, 0.05) is 49.9 Å². The largest absolute Gasteiger partial charge is 0.461 e. The Hall–Kier alpha value is -3.26. The molecule has 7 rings (SSSR count). The highest BCUT2D eigenvalue weighted by atomic mass is 16.3. The van der Waals surface area contributed by atoms with Crippen molar-refractivity contribution in [3.63, 3.8) is 0 Å². The number of aliphatic hydroxyl groups is 2. The molecule has 228 valence electrons. The van der Waals surface area contributed by atoms with Crippen LogP contribution in [0.5, 0.6) is 0 Å². The molecule has 0 spiro atoms. The second kappa shape index (κ2) is 12.4. The fourth-order valence-corrected chi connectivity index (χ4v) is 7.78. The van der Waals surface area contributed by atoms with Crippen LogP contribution in [0, 0.1) is 5.41 Å². The lowest BCUT2D eigenvalue weighted by molar-refractivity contribution is -0.0841. The second-order valence-corrected chi connectivity index (χ2v) is 13.2.